The van der Waals surface area contributed by atoms with Crippen LogP contribution in [-0.4, -0.2) is 11.6 Å². The van der Waals surface area contributed by atoms with Crippen LogP contribution in [0.4, 0.5) is 0 Å². The second-order valence-electron chi connectivity index (χ2n) is 1.80. The lowest BCUT2D eigenvalue weighted by atomic mass is 10.3. The van der Waals surface area contributed by atoms with Crippen LogP contribution in [-0.2, 0) is 4.79 Å². The minimum absolute atomic E-state index is 0.0100. The normalized spacial score (nSPS) is 9.18. The fourth-order valence-electron chi connectivity index (χ4n) is 0.662. The molecule has 0 heterocycles. The van der Waals surface area contributed by atoms with E-state index in [9.17, 15) is 4.79 Å². The van der Waals surface area contributed by atoms with Crippen LogP contribution in [0.15, 0.2) is 18.2 Å². The van der Waals surface area contributed by atoms with E-state index in [4.69, 9.17) is 16.7 Å². The van der Waals surface area contributed by atoms with E-state index >= 15 is 0 Å². The number of hydrogen-bond acceptors (Lipinski definition) is 3. The van der Waals surface area contributed by atoms with Gasteiger partial charge in [0.2, 0.25) is 0 Å². The molecule has 58 valence electrons. The Bertz CT molecular complexity index is 252. The summed E-state index contributed by atoms with van der Waals surface area (Å²) >= 11 is 5.56. The van der Waals surface area contributed by atoms with Crippen LogP contribution in [0.3, 0.4) is 0 Å². The highest BCUT2D eigenvalue weighted by atomic mass is 35.5. The molecule has 0 aliphatic heterocycles. The summed E-state index contributed by atoms with van der Waals surface area (Å²) in [4.78, 5) is 9.89. The van der Waals surface area contributed by atoms with E-state index in [-0.39, 0.29) is 23.0 Å². The van der Waals surface area contributed by atoms with Crippen LogP contribution in [0.5, 0.6) is 11.5 Å². The topological polar surface area (TPSA) is 46.5 Å². The lowest BCUT2D eigenvalue weighted by Gasteiger charge is -2.01. The second-order valence-corrected chi connectivity index (χ2v) is 2.21. The number of aromatic hydroxyl groups is 1. The van der Waals surface area contributed by atoms with Crippen LogP contribution in [0.1, 0.15) is 0 Å². The largest absolute Gasteiger partial charge is 0.504 e. The molecule has 11 heavy (non-hydrogen) atoms. The number of carbonyl (C=O) groups is 1. The van der Waals surface area contributed by atoms with Crippen molar-refractivity contribution in [3.8, 4) is 11.5 Å². The van der Waals surface area contributed by atoms with Gasteiger partial charge in [0.15, 0.2) is 11.5 Å². The fourth-order valence-corrected chi connectivity index (χ4v) is 0.876. The number of hydrogen-bond donors (Lipinski definition) is 1. The molecule has 1 rings (SSSR count). The number of phenols is 1. The van der Waals surface area contributed by atoms with Gasteiger partial charge in [-0.25, -0.2) is 0 Å². The highest BCUT2D eigenvalue weighted by Crippen LogP contribution is 2.32. The van der Waals surface area contributed by atoms with Gasteiger partial charge in [0.05, 0.1) is 5.02 Å². The highest BCUT2D eigenvalue weighted by Gasteiger charge is 2.05. The van der Waals surface area contributed by atoms with Gasteiger partial charge in [-0.1, -0.05) is 17.7 Å². The molecule has 1 aromatic carbocycles. The number of rotatable bonds is 2. The molecule has 1 aromatic rings. The van der Waals surface area contributed by atoms with Crippen LogP contribution in [0, 0.1) is 0 Å². The summed E-state index contributed by atoms with van der Waals surface area (Å²) in [7, 11) is 0. The van der Waals surface area contributed by atoms with Crippen molar-refractivity contribution in [1.82, 2.24) is 0 Å². The molecule has 0 amide bonds. The van der Waals surface area contributed by atoms with Gasteiger partial charge in [-0.05, 0) is 12.1 Å². The molecule has 4 heteroatoms. The minimum atomic E-state index is -0.149. The summed E-state index contributed by atoms with van der Waals surface area (Å²) in [5.74, 6) is -0.159. The molecule has 0 radical (unpaired) electrons. The first-order chi connectivity index (χ1) is 5.25. The average molecular weight is 173 g/mol. The number of phenolic OH excluding ortho intramolecular Hbond substituents is 1. The Morgan fingerprint density at radius 1 is 1.55 bits per heavy atom. The average Bonchev–Trinajstić information content (AvgIpc) is 1.97. The Balaban J connectivity index is 3.09. The predicted octanol–water partition coefficient (Wildman–Crippen LogP) is 1.58. The maximum absolute atomic E-state index is 9.89. The van der Waals surface area contributed by atoms with Gasteiger partial charge in [0, 0.05) is 0 Å². The van der Waals surface area contributed by atoms with E-state index in [0.29, 0.717) is 0 Å². The summed E-state index contributed by atoms with van der Waals surface area (Å²) in [6, 6.07) is 4.44. The van der Waals surface area contributed by atoms with Crippen molar-refractivity contribution in [3.05, 3.63) is 23.2 Å². The zero-order valence-corrected chi connectivity index (χ0v) is 6.21. The molecule has 0 saturated carbocycles. The van der Waals surface area contributed by atoms with Gasteiger partial charge in [0.1, 0.15) is 0 Å². The molecule has 1 N–H and O–H groups in total. The first-order valence-corrected chi connectivity index (χ1v) is 3.21. The van der Waals surface area contributed by atoms with Crippen molar-refractivity contribution in [2.24, 2.45) is 0 Å². The Kier molecular flexibility index (Phi) is 2.33. The quantitative estimate of drug-likeness (QED) is 0.689. The number of halogens is 1. The van der Waals surface area contributed by atoms with Crippen molar-refractivity contribution < 1.29 is 14.6 Å². The number of para-hydroxylation sites is 1. The molecule has 0 bridgehead atoms. The molecular formula is C7H5ClO3. The van der Waals surface area contributed by atoms with Crippen molar-refractivity contribution >= 4 is 18.1 Å². The monoisotopic (exact) mass is 172 g/mol. The molecule has 0 saturated heterocycles. The molecule has 3 nitrogen and oxygen atoms in total. The molecule has 0 aliphatic carbocycles. The van der Waals surface area contributed by atoms with Crippen molar-refractivity contribution in [3.63, 3.8) is 0 Å². The Morgan fingerprint density at radius 3 is 2.82 bits per heavy atom. The molecule has 0 atom stereocenters. The van der Waals surface area contributed by atoms with Gasteiger partial charge in [-0.15, -0.1) is 0 Å². The van der Waals surface area contributed by atoms with Gasteiger partial charge < -0.3 is 9.84 Å². The van der Waals surface area contributed by atoms with Crippen molar-refractivity contribution in [1.29, 1.82) is 0 Å². The second kappa shape index (κ2) is 3.25. The maximum Gasteiger partial charge on any atom is 0.298 e. The van der Waals surface area contributed by atoms with Crippen molar-refractivity contribution in [2.45, 2.75) is 0 Å². The Hall–Kier alpha value is -1.22. The van der Waals surface area contributed by atoms with E-state index in [1.54, 1.807) is 6.07 Å². The maximum atomic E-state index is 9.89. The molecule has 0 spiro atoms. The van der Waals surface area contributed by atoms with Gasteiger partial charge in [-0.2, -0.15) is 0 Å². The highest BCUT2D eigenvalue weighted by molar-refractivity contribution is 6.32. The van der Waals surface area contributed by atoms with E-state index in [1.807, 2.05) is 0 Å². The third-order valence-corrected chi connectivity index (χ3v) is 1.41. The molecule has 0 fully saturated rings. The Labute approximate surface area is 68.2 Å². The zero-order valence-electron chi connectivity index (χ0n) is 5.45. The first-order valence-electron chi connectivity index (χ1n) is 2.83. The van der Waals surface area contributed by atoms with E-state index < -0.39 is 0 Å². The fraction of sp³-hybridized carbons (Fsp3) is 0. The minimum Gasteiger partial charge on any atom is -0.504 e. The van der Waals surface area contributed by atoms with Crippen LogP contribution < -0.4 is 4.74 Å². The summed E-state index contributed by atoms with van der Waals surface area (Å²) in [6.07, 6.45) is 0. The van der Waals surface area contributed by atoms with Gasteiger partial charge >= 0.3 is 0 Å². The van der Waals surface area contributed by atoms with Gasteiger partial charge in [-0.3, -0.25) is 4.79 Å². The molecule has 0 aromatic heterocycles. The lowest BCUT2D eigenvalue weighted by Crippen LogP contribution is -1.89. The summed E-state index contributed by atoms with van der Waals surface area (Å²) in [5, 5.41) is 9.26. The molecule has 0 aliphatic rings. The number of benzene rings is 1. The van der Waals surface area contributed by atoms with E-state index in [0.717, 1.165) is 0 Å². The SMILES string of the molecule is O=COc1c(O)cccc1Cl. The van der Waals surface area contributed by atoms with Crippen LogP contribution >= 0.6 is 11.6 Å². The van der Waals surface area contributed by atoms with E-state index in [1.165, 1.54) is 12.1 Å². The first kappa shape index (κ1) is 7.88. The van der Waals surface area contributed by atoms with Crippen LogP contribution in [0.2, 0.25) is 5.02 Å². The lowest BCUT2D eigenvalue weighted by molar-refractivity contribution is -0.120. The predicted molar refractivity (Wildman–Crippen MR) is 39.8 cm³/mol. The molecular weight excluding hydrogens is 168 g/mol. The van der Waals surface area contributed by atoms with Crippen LogP contribution in [0.25, 0.3) is 0 Å². The smallest absolute Gasteiger partial charge is 0.298 e. The van der Waals surface area contributed by atoms with Gasteiger partial charge in [0.25, 0.3) is 6.47 Å². The number of ether oxygens (including phenoxy) is 1. The third-order valence-electron chi connectivity index (χ3n) is 1.11. The summed E-state index contributed by atoms with van der Waals surface area (Å²) < 4.78 is 4.40. The zero-order chi connectivity index (χ0) is 8.27. The number of carbonyl (C=O) groups excluding carboxylic acids is 1. The Morgan fingerprint density at radius 2 is 2.27 bits per heavy atom. The standard InChI is InChI=1S/C7H5ClO3/c8-5-2-1-3-6(10)7(5)11-4-9/h1-4,10H. The third kappa shape index (κ3) is 1.62. The van der Waals surface area contributed by atoms with E-state index in [2.05, 4.69) is 4.74 Å². The summed E-state index contributed by atoms with van der Waals surface area (Å²) in [6.45, 7) is 0.209. The summed E-state index contributed by atoms with van der Waals surface area (Å²) in [5.41, 5.74) is 0. The van der Waals surface area contributed by atoms with Crippen molar-refractivity contribution in [2.75, 3.05) is 0 Å². The molecule has 0 unspecified atom stereocenters.